The Balaban J connectivity index is 2.54. The summed E-state index contributed by atoms with van der Waals surface area (Å²) in [4.78, 5) is 10.9. The van der Waals surface area contributed by atoms with Crippen LogP contribution >= 0.6 is 7.60 Å². The fourth-order valence-electron chi connectivity index (χ4n) is 1.35. The van der Waals surface area contributed by atoms with Gasteiger partial charge in [0.25, 0.3) is 0 Å². The van der Waals surface area contributed by atoms with Crippen LogP contribution in [0.3, 0.4) is 0 Å². The Hall–Kier alpha value is -0.580. The van der Waals surface area contributed by atoms with E-state index in [1.165, 1.54) is 0 Å². The number of hydrogen-bond donors (Lipinski definition) is 0. The summed E-state index contributed by atoms with van der Waals surface area (Å²) in [6.07, 6.45) is 2.59. The van der Waals surface area contributed by atoms with Crippen molar-refractivity contribution in [2.45, 2.75) is 45.4 Å². The molecule has 106 valence electrons. The maximum absolute atomic E-state index is 12.5. The average Bonchev–Trinajstić information content (AvgIpc) is 2.77. The first kappa shape index (κ1) is 15.5. The molecule has 0 aliphatic carbocycles. The van der Waals surface area contributed by atoms with Gasteiger partial charge in [0.2, 0.25) is 5.85 Å². The smallest absolute Gasteiger partial charge is 0.430 e. The van der Waals surface area contributed by atoms with Gasteiger partial charge in [0, 0.05) is 0 Å². The highest BCUT2D eigenvalue weighted by molar-refractivity contribution is 7.54. The van der Waals surface area contributed by atoms with Gasteiger partial charge in [-0.05, 0) is 12.8 Å². The Morgan fingerprint density at radius 1 is 1.22 bits per heavy atom. The van der Waals surface area contributed by atoms with Gasteiger partial charge in [0.05, 0.1) is 13.2 Å². The van der Waals surface area contributed by atoms with Crippen LogP contribution in [0.2, 0.25) is 0 Å². The molecule has 0 aromatic heterocycles. The van der Waals surface area contributed by atoms with E-state index >= 15 is 0 Å². The molecule has 1 rings (SSSR count). The van der Waals surface area contributed by atoms with Crippen LogP contribution in [0.25, 0.3) is 0 Å². The summed E-state index contributed by atoms with van der Waals surface area (Å²) < 4.78 is 32.6. The lowest BCUT2D eigenvalue weighted by Crippen LogP contribution is -2.16. The molecule has 6 nitrogen and oxygen atoms in total. The summed E-state index contributed by atoms with van der Waals surface area (Å²) in [6.45, 7) is 4.59. The molecular weight excluding hydrogens is 259 g/mol. The summed E-state index contributed by atoms with van der Waals surface area (Å²) in [5.74, 6) is -0.932. The van der Waals surface area contributed by atoms with E-state index in [0.29, 0.717) is 13.2 Å². The van der Waals surface area contributed by atoms with E-state index in [2.05, 4.69) is 4.74 Å². The molecule has 0 spiro atoms. The van der Waals surface area contributed by atoms with E-state index in [4.69, 9.17) is 13.8 Å². The van der Waals surface area contributed by atoms with Gasteiger partial charge < -0.3 is 18.5 Å². The number of cyclic esters (lactones) is 2. The van der Waals surface area contributed by atoms with E-state index in [1.807, 2.05) is 13.8 Å². The number of hydrogen-bond acceptors (Lipinski definition) is 6. The van der Waals surface area contributed by atoms with Crippen molar-refractivity contribution >= 4 is 13.8 Å². The summed E-state index contributed by atoms with van der Waals surface area (Å²) >= 11 is 0. The number of unbranched alkanes of at least 4 members (excludes halogenated alkanes) is 2. The van der Waals surface area contributed by atoms with Crippen LogP contribution in [0.5, 0.6) is 0 Å². The van der Waals surface area contributed by atoms with Crippen molar-refractivity contribution in [2.75, 3.05) is 19.8 Å². The van der Waals surface area contributed by atoms with Gasteiger partial charge in [-0.25, -0.2) is 4.79 Å². The Kier molecular flexibility index (Phi) is 6.68. The molecule has 0 bridgehead atoms. The molecule has 1 unspecified atom stereocenters. The second-order valence-electron chi connectivity index (χ2n) is 4.05. The number of ether oxygens (including phenoxy) is 2. The third kappa shape index (κ3) is 4.59. The van der Waals surface area contributed by atoms with Crippen molar-refractivity contribution in [1.82, 2.24) is 0 Å². The first-order valence-corrected chi connectivity index (χ1v) is 7.95. The largest absolute Gasteiger partial charge is 0.509 e. The maximum Gasteiger partial charge on any atom is 0.509 e. The summed E-state index contributed by atoms with van der Waals surface area (Å²) in [5, 5.41) is 0. The molecule has 0 aromatic rings. The zero-order valence-corrected chi connectivity index (χ0v) is 11.8. The van der Waals surface area contributed by atoms with Gasteiger partial charge in [-0.2, -0.15) is 0 Å². The molecule has 1 fully saturated rings. The SMILES string of the molecule is CCCCOP(=O)(OCCCC)C1COC(=O)O1. The lowest BCUT2D eigenvalue weighted by molar-refractivity contribution is 0.115. The van der Waals surface area contributed by atoms with Crippen LogP contribution in [-0.4, -0.2) is 31.8 Å². The third-order valence-electron chi connectivity index (χ3n) is 2.47. The lowest BCUT2D eigenvalue weighted by atomic mass is 10.4. The average molecular weight is 280 g/mol. The first-order valence-electron chi connectivity index (χ1n) is 6.34. The van der Waals surface area contributed by atoms with E-state index in [1.54, 1.807) is 0 Å². The molecule has 1 saturated heterocycles. The van der Waals surface area contributed by atoms with Crippen LogP contribution in [-0.2, 0) is 23.1 Å². The van der Waals surface area contributed by atoms with Crippen LogP contribution in [0.4, 0.5) is 4.79 Å². The monoisotopic (exact) mass is 280 g/mol. The van der Waals surface area contributed by atoms with Crippen LogP contribution in [0.15, 0.2) is 0 Å². The minimum Gasteiger partial charge on any atom is -0.430 e. The van der Waals surface area contributed by atoms with Gasteiger partial charge in [-0.1, -0.05) is 26.7 Å². The molecule has 18 heavy (non-hydrogen) atoms. The van der Waals surface area contributed by atoms with Crippen molar-refractivity contribution in [2.24, 2.45) is 0 Å². The van der Waals surface area contributed by atoms with E-state index < -0.39 is 19.6 Å². The van der Waals surface area contributed by atoms with Crippen molar-refractivity contribution in [3.63, 3.8) is 0 Å². The normalized spacial score (nSPS) is 19.7. The zero-order valence-electron chi connectivity index (χ0n) is 10.9. The summed E-state index contributed by atoms with van der Waals surface area (Å²) in [5.41, 5.74) is 0. The predicted molar refractivity (Wildman–Crippen MR) is 65.5 cm³/mol. The minimum absolute atomic E-state index is 0.0750. The first-order chi connectivity index (χ1) is 8.62. The van der Waals surface area contributed by atoms with Crippen molar-refractivity contribution in [3.8, 4) is 0 Å². The van der Waals surface area contributed by atoms with Crippen molar-refractivity contribution < 1.29 is 27.9 Å². The third-order valence-corrected chi connectivity index (χ3v) is 4.51. The Labute approximate surface area is 107 Å². The molecule has 1 atom stereocenters. The van der Waals surface area contributed by atoms with Gasteiger partial charge in [0.15, 0.2) is 0 Å². The second kappa shape index (κ2) is 7.77. The quantitative estimate of drug-likeness (QED) is 0.366. The van der Waals surface area contributed by atoms with Gasteiger partial charge in [-0.15, -0.1) is 0 Å². The number of rotatable bonds is 9. The summed E-state index contributed by atoms with van der Waals surface area (Å²) in [7, 11) is -3.43. The van der Waals surface area contributed by atoms with Crippen LogP contribution < -0.4 is 0 Å². The second-order valence-corrected chi connectivity index (χ2v) is 6.22. The molecule has 1 aliphatic heterocycles. The van der Waals surface area contributed by atoms with Crippen LogP contribution in [0.1, 0.15) is 39.5 Å². The van der Waals surface area contributed by atoms with Gasteiger partial charge in [0.1, 0.15) is 6.61 Å². The number of carbonyl (C=O) groups excluding carboxylic acids is 1. The van der Waals surface area contributed by atoms with Crippen molar-refractivity contribution in [3.05, 3.63) is 0 Å². The van der Waals surface area contributed by atoms with Crippen molar-refractivity contribution in [1.29, 1.82) is 0 Å². The standard InChI is InChI=1S/C11H21O6P/c1-3-5-7-15-18(13,16-8-6-4-2)10-9-14-11(12)17-10/h10H,3-9H2,1-2H3. The van der Waals surface area contributed by atoms with E-state index in [9.17, 15) is 9.36 Å². The summed E-state index contributed by atoms with van der Waals surface area (Å²) in [6, 6.07) is 0. The van der Waals surface area contributed by atoms with E-state index in [0.717, 1.165) is 25.7 Å². The molecule has 0 radical (unpaired) electrons. The van der Waals surface area contributed by atoms with Gasteiger partial charge in [-0.3, -0.25) is 4.57 Å². The minimum atomic E-state index is -3.43. The molecule has 7 heteroatoms. The molecule has 0 amide bonds. The Bertz CT molecular complexity index is 292. The van der Waals surface area contributed by atoms with Gasteiger partial charge >= 0.3 is 13.8 Å². The molecule has 0 N–H and O–H groups in total. The fourth-order valence-corrected chi connectivity index (χ4v) is 3.00. The van der Waals surface area contributed by atoms with E-state index in [-0.39, 0.29) is 6.61 Å². The highest BCUT2D eigenvalue weighted by atomic mass is 31.2. The molecule has 1 heterocycles. The highest BCUT2D eigenvalue weighted by Gasteiger charge is 2.44. The number of carbonyl (C=O) groups is 1. The Morgan fingerprint density at radius 2 is 1.78 bits per heavy atom. The fraction of sp³-hybridized carbons (Fsp3) is 0.909. The zero-order chi connectivity index (χ0) is 13.4. The molecule has 1 aliphatic rings. The molecular formula is C11H21O6P. The topological polar surface area (TPSA) is 71.1 Å². The maximum atomic E-state index is 12.5. The highest BCUT2D eigenvalue weighted by Crippen LogP contribution is 2.55. The Morgan fingerprint density at radius 3 is 2.17 bits per heavy atom. The molecule has 0 saturated carbocycles. The predicted octanol–water partition coefficient (Wildman–Crippen LogP) is 3.31. The lowest BCUT2D eigenvalue weighted by Gasteiger charge is -2.21. The molecule has 0 aromatic carbocycles. The van der Waals surface area contributed by atoms with Crippen LogP contribution in [0, 0.1) is 0 Å².